The summed E-state index contributed by atoms with van der Waals surface area (Å²) in [4.78, 5) is 25.8. The SMILES string of the molecule is CC1(C)OB(/C(F)=C\CCCCN2C(=O)c3ccccc3C2=O)OC1(C)C. The highest BCUT2D eigenvalue weighted by Crippen LogP contribution is 2.38. The van der Waals surface area contributed by atoms with Crippen molar-refractivity contribution in [1.82, 2.24) is 4.90 Å². The molecule has 0 saturated carbocycles. The van der Waals surface area contributed by atoms with Crippen LogP contribution in [0.4, 0.5) is 4.39 Å². The van der Waals surface area contributed by atoms with Gasteiger partial charge in [-0.15, -0.1) is 0 Å². The molecule has 0 aliphatic carbocycles. The van der Waals surface area contributed by atoms with Gasteiger partial charge in [-0.2, -0.15) is 0 Å². The van der Waals surface area contributed by atoms with Crippen LogP contribution in [0, 0.1) is 0 Å². The molecule has 1 saturated heterocycles. The van der Waals surface area contributed by atoms with Crippen LogP contribution in [0.2, 0.25) is 0 Å². The second-order valence-corrected chi connectivity index (χ2v) is 7.98. The fraction of sp³-hybridized carbons (Fsp3) is 0.500. The summed E-state index contributed by atoms with van der Waals surface area (Å²) in [6.07, 6.45) is 3.21. The van der Waals surface area contributed by atoms with Crippen molar-refractivity contribution in [1.29, 1.82) is 0 Å². The Labute approximate surface area is 159 Å². The van der Waals surface area contributed by atoms with Gasteiger partial charge in [-0.05, 0) is 59.1 Å². The third-order valence-corrected chi connectivity index (χ3v) is 5.53. The number of imide groups is 1. The van der Waals surface area contributed by atoms with Crippen molar-refractivity contribution in [3.8, 4) is 0 Å². The van der Waals surface area contributed by atoms with Crippen molar-refractivity contribution < 1.29 is 23.3 Å². The minimum Gasteiger partial charge on any atom is -0.398 e. The first-order valence-electron chi connectivity index (χ1n) is 9.30. The maximum absolute atomic E-state index is 14.3. The predicted octanol–water partition coefficient (Wildman–Crippen LogP) is 3.94. The van der Waals surface area contributed by atoms with E-state index in [-0.39, 0.29) is 11.8 Å². The number of carbonyl (C=O) groups excluding carboxylic acids is 2. The quantitative estimate of drug-likeness (QED) is 0.431. The number of halogens is 1. The van der Waals surface area contributed by atoms with Gasteiger partial charge in [0.1, 0.15) is 5.73 Å². The van der Waals surface area contributed by atoms with Gasteiger partial charge in [0.2, 0.25) is 0 Å². The molecule has 144 valence electrons. The molecule has 0 bridgehead atoms. The summed E-state index contributed by atoms with van der Waals surface area (Å²) in [6, 6.07) is 6.82. The van der Waals surface area contributed by atoms with Gasteiger partial charge in [0.25, 0.3) is 11.8 Å². The molecule has 1 aromatic carbocycles. The van der Waals surface area contributed by atoms with Crippen molar-refractivity contribution in [3.63, 3.8) is 0 Å². The third-order valence-electron chi connectivity index (χ3n) is 5.53. The molecule has 0 aromatic heterocycles. The maximum atomic E-state index is 14.3. The van der Waals surface area contributed by atoms with Gasteiger partial charge < -0.3 is 9.31 Å². The molecular weight excluding hydrogens is 348 g/mol. The van der Waals surface area contributed by atoms with Gasteiger partial charge in [0.15, 0.2) is 0 Å². The van der Waals surface area contributed by atoms with Crippen LogP contribution in [0.5, 0.6) is 0 Å². The Balaban J connectivity index is 1.47. The van der Waals surface area contributed by atoms with E-state index in [1.807, 2.05) is 27.7 Å². The van der Waals surface area contributed by atoms with Crippen LogP contribution in [0.15, 0.2) is 36.1 Å². The van der Waals surface area contributed by atoms with E-state index in [0.717, 1.165) is 0 Å². The lowest BCUT2D eigenvalue weighted by Crippen LogP contribution is -2.41. The number of amides is 2. The largest absolute Gasteiger partial charge is 0.524 e. The third kappa shape index (κ3) is 3.71. The van der Waals surface area contributed by atoms with Crippen LogP contribution < -0.4 is 0 Å². The number of hydrogen-bond donors (Lipinski definition) is 0. The van der Waals surface area contributed by atoms with E-state index in [0.29, 0.717) is 36.9 Å². The molecule has 27 heavy (non-hydrogen) atoms. The highest BCUT2D eigenvalue weighted by atomic mass is 19.1. The van der Waals surface area contributed by atoms with Crippen molar-refractivity contribution in [2.24, 2.45) is 0 Å². The minimum atomic E-state index is -0.980. The zero-order chi connectivity index (χ0) is 19.8. The monoisotopic (exact) mass is 373 g/mol. The van der Waals surface area contributed by atoms with Crippen LogP contribution in [-0.2, 0) is 9.31 Å². The average molecular weight is 373 g/mol. The fourth-order valence-electron chi connectivity index (χ4n) is 3.15. The summed E-state index contributed by atoms with van der Waals surface area (Å²) in [5.41, 5.74) is -0.680. The molecule has 0 atom stereocenters. The summed E-state index contributed by atoms with van der Waals surface area (Å²) in [5.74, 6) is -0.510. The number of carbonyl (C=O) groups is 2. The average Bonchev–Trinajstić information content (AvgIpc) is 2.98. The van der Waals surface area contributed by atoms with E-state index in [9.17, 15) is 14.0 Å². The topological polar surface area (TPSA) is 55.8 Å². The Morgan fingerprint density at radius 3 is 2.07 bits per heavy atom. The van der Waals surface area contributed by atoms with E-state index in [1.165, 1.54) is 11.0 Å². The Bertz CT molecular complexity index is 739. The minimum absolute atomic E-state index is 0.255. The summed E-state index contributed by atoms with van der Waals surface area (Å²) < 4.78 is 25.6. The molecule has 5 nitrogen and oxygen atoms in total. The molecule has 2 aliphatic heterocycles. The second kappa shape index (κ2) is 7.21. The number of hydrogen-bond acceptors (Lipinski definition) is 4. The Morgan fingerprint density at radius 2 is 1.56 bits per heavy atom. The molecule has 1 fully saturated rings. The summed E-state index contributed by atoms with van der Waals surface area (Å²) in [5, 5.41) is 0. The van der Waals surface area contributed by atoms with Crippen molar-refractivity contribution in [2.45, 2.75) is 58.2 Å². The number of rotatable bonds is 6. The zero-order valence-corrected chi connectivity index (χ0v) is 16.3. The molecule has 0 radical (unpaired) electrons. The molecular formula is C20H25BFNO4. The van der Waals surface area contributed by atoms with E-state index >= 15 is 0 Å². The predicted molar refractivity (Wildman–Crippen MR) is 101 cm³/mol. The van der Waals surface area contributed by atoms with Crippen molar-refractivity contribution >= 4 is 18.9 Å². The van der Waals surface area contributed by atoms with E-state index in [4.69, 9.17) is 9.31 Å². The molecule has 0 spiro atoms. The van der Waals surface area contributed by atoms with Gasteiger partial charge in [0, 0.05) is 6.54 Å². The first kappa shape index (κ1) is 19.8. The zero-order valence-electron chi connectivity index (χ0n) is 16.3. The first-order chi connectivity index (χ1) is 12.6. The van der Waals surface area contributed by atoms with Crippen LogP contribution in [0.25, 0.3) is 0 Å². The second-order valence-electron chi connectivity index (χ2n) is 7.98. The Morgan fingerprint density at radius 1 is 1.04 bits per heavy atom. The highest BCUT2D eigenvalue weighted by molar-refractivity contribution is 6.53. The summed E-state index contributed by atoms with van der Waals surface area (Å²) in [6.45, 7) is 7.84. The lowest BCUT2D eigenvalue weighted by atomic mass is 9.87. The maximum Gasteiger partial charge on any atom is 0.524 e. The van der Waals surface area contributed by atoms with Crippen LogP contribution in [0.3, 0.4) is 0 Å². The number of nitrogens with zero attached hydrogens (tertiary/aromatic N) is 1. The van der Waals surface area contributed by atoms with Gasteiger partial charge in [-0.25, -0.2) is 4.39 Å². The summed E-state index contributed by atoms with van der Waals surface area (Å²) >= 11 is 0. The van der Waals surface area contributed by atoms with Gasteiger partial charge in [-0.3, -0.25) is 14.5 Å². The number of benzene rings is 1. The highest BCUT2D eigenvalue weighted by Gasteiger charge is 2.52. The molecule has 7 heteroatoms. The van der Waals surface area contributed by atoms with Crippen LogP contribution >= 0.6 is 0 Å². The molecule has 0 unspecified atom stereocenters. The van der Waals surface area contributed by atoms with Gasteiger partial charge in [0.05, 0.1) is 22.3 Å². The number of unbranched alkanes of at least 4 members (excludes halogenated alkanes) is 2. The normalized spacial score (nSPS) is 21.1. The first-order valence-corrected chi connectivity index (χ1v) is 9.30. The molecule has 2 heterocycles. The van der Waals surface area contributed by atoms with E-state index in [2.05, 4.69) is 0 Å². The van der Waals surface area contributed by atoms with Crippen LogP contribution in [-0.4, -0.2) is 41.6 Å². The van der Waals surface area contributed by atoms with Crippen LogP contribution in [0.1, 0.15) is 67.7 Å². The van der Waals surface area contributed by atoms with E-state index in [1.54, 1.807) is 24.3 Å². The molecule has 1 aromatic rings. The Kier molecular flexibility index (Phi) is 5.28. The number of fused-ring (bicyclic) bond motifs is 1. The van der Waals surface area contributed by atoms with Gasteiger partial charge >= 0.3 is 7.12 Å². The fourth-order valence-corrected chi connectivity index (χ4v) is 3.15. The van der Waals surface area contributed by atoms with E-state index < -0.39 is 24.0 Å². The van der Waals surface area contributed by atoms with Crippen molar-refractivity contribution in [2.75, 3.05) is 6.54 Å². The smallest absolute Gasteiger partial charge is 0.398 e. The number of allylic oxidation sites excluding steroid dienone is 1. The van der Waals surface area contributed by atoms with Gasteiger partial charge in [-0.1, -0.05) is 18.2 Å². The molecule has 2 aliphatic rings. The Hall–Kier alpha value is -1.99. The standard InChI is InChI=1S/C20H25BFNO4/c1-19(2)20(3,4)27-21(26-19)16(22)12-6-5-9-13-23-17(24)14-10-7-8-11-15(14)18(23)25/h7-8,10-12H,5-6,9,13H2,1-4H3/b16-12+. The molecule has 3 rings (SSSR count). The lowest BCUT2D eigenvalue weighted by molar-refractivity contribution is 0.00578. The molecule has 2 amide bonds. The van der Waals surface area contributed by atoms with Crippen molar-refractivity contribution in [3.05, 3.63) is 47.2 Å². The summed E-state index contributed by atoms with van der Waals surface area (Å²) in [7, 11) is -0.980. The lowest BCUT2D eigenvalue weighted by Gasteiger charge is -2.32. The molecule has 0 N–H and O–H groups in total.